The summed E-state index contributed by atoms with van der Waals surface area (Å²) in [5.74, 6) is 0.561. The quantitative estimate of drug-likeness (QED) is 0.207. The predicted octanol–water partition coefficient (Wildman–Crippen LogP) is 11.1. The molecular weight excluding hydrogens is 494 g/mol. The molecule has 0 spiro atoms. The Labute approximate surface area is 241 Å². The molecule has 41 heavy (non-hydrogen) atoms. The monoisotopic (exact) mass is 525 g/mol. The summed E-state index contributed by atoms with van der Waals surface area (Å²) in [7, 11) is 0. The van der Waals surface area contributed by atoms with Gasteiger partial charge in [-0.1, -0.05) is 110 Å². The third kappa shape index (κ3) is 3.18. The number of para-hydroxylation sites is 1. The zero-order valence-corrected chi connectivity index (χ0v) is 23.3. The van der Waals surface area contributed by atoms with Gasteiger partial charge in [-0.15, -0.1) is 0 Å². The van der Waals surface area contributed by atoms with Crippen molar-refractivity contribution in [3.8, 4) is 22.3 Å². The van der Waals surface area contributed by atoms with Crippen molar-refractivity contribution in [2.75, 3.05) is 4.90 Å². The van der Waals surface area contributed by atoms with Crippen LogP contribution in [0.1, 0.15) is 37.7 Å². The van der Waals surface area contributed by atoms with Crippen molar-refractivity contribution in [2.24, 2.45) is 0 Å². The van der Waals surface area contributed by atoms with Crippen LogP contribution in [0.2, 0.25) is 0 Å². The average Bonchev–Trinajstić information content (AvgIpc) is 3.52. The van der Waals surface area contributed by atoms with Gasteiger partial charge in [0.05, 0.1) is 0 Å². The zero-order valence-electron chi connectivity index (χ0n) is 23.3. The third-order valence-electron chi connectivity index (χ3n) is 10.2. The van der Waals surface area contributed by atoms with Crippen LogP contribution in [0.5, 0.6) is 0 Å². The summed E-state index contributed by atoms with van der Waals surface area (Å²) in [6.07, 6.45) is 3.78. The number of hydrogen-bond donors (Lipinski definition) is 0. The first-order chi connectivity index (χ1) is 20.2. The highest BCUT2D eigenvalue weighted by Gasteiger charge is 2.51. The Bertz CT molecular complexity index is 2090. The molecule has 0 aromatic heterocycles. The molecule has 7 aromatic carbocycles. The molecule has 2 aliphatic rings. The molecule has 7 aromatic rings. The standard InChI is InChI=1S/C40H31N/c1-40-24-8-13-36(40)35-25-29(18-23-37(35)41(40)30-11-6-3-7-12-30)32-20-15-28-16-21-33-31(26-9-4-2-5-10-26)19-14-27-17-22-34(32)39(28)38(27)33/h2-7,9-12,14-23,25,36H,8,13,24H2,1H3. The fraction of sp³-hybridized carbons (Fsp3) is 0.150. The summed E-state index contributed by atoms with van der Waals surface area (Å²) in [4.78, 5) is 2.64. The van der Waals surface area contributed by atoms with Gasteiger partial charge in [0.2, 0.25) is 0 Å². The molecule has 0 amide bonds. The Hall–Kier alpha value is -4.62. The Balaban J connectivity index is 1.26. The number of anilines is 2. The van der Waals surface area contributed by atoms with Crippen molar-refractivity contribution in [2.45, 2.75) is 37.6 Å². The van der Waals surface area contributed by atoms with E-state index in [4.69, 9.17) is 0 Å². The van der Waals surface area contributed by atoms with Gasteiger partial charge >= 0.3 is 0 Å². The van der Waals surface area contributed by atoms with Crippen molar-refractivity contribution in [3.63, 3.8) is 0 Å². The Morgan fingerprint density at radius 3 is 1.90 bits per heavy atom. The van der Waals surface area contributed by atoms with Crippen molar-refractivity contribution in [3.05, 3.63) is 133 Å². The first kappa shape index (κ1) is 23.1. The predicted molar refractivity (Wildman–Crippen MR) is 175 cm³/mol. The van der Waals surface area contributed by atoms with E-state index >= 15 is 0 Å². The second kappa shape index (κ2) is 8.44. The maximum atomic E-state index is 2.64. The fourth-order valence-corrected chi connectivity index (χ4v) is 8.32. The molecule has 0 N–H and O–H groups in total. The van der Waals surface area contributed by atoms with E-state index < -0.39 is 0 Å². The molecule has 1 aliphatic carbocycles. The maximum Gasteiger partial charge on any atom is 0.0492 e. The zero-order chi connectivity index (χ0) is 27.1. The van der Waals surface area contributed by atoms with Crippen molar-refractivity contribution in [1.82, 2.24) is 0 Å². The summed E-state index contributed by atoms with van der Waals surface area (Å²) in [5, 5.41) is 8.06. The summed E-state index contributed by atoms with van der Waals surface area (Å²) in [5.41, 5.74) is 9.58. The Kier molecular flexibility index (Phi) is 4.76. The van der Waals surface area contributed by atoms with Gasteiger partial charge in [0.15, 0.2) is 0 Å². The Morgan fingerprint density at radius 2 is 1.22 bits per heavy atom. The van der Waals surface area contributed by atoms with E-state index in [1.54, 1.807) is 0 Å². The summed E-state index contributed by atoms with van der Waals surface area (Å²) in [6.45, 7) is 2.48. The van der Waals surface area contributed by atoms with E-state index in [9.17, 15) is 0 Å². The molecule has 0 bridgehead atoms. The lowest BCUT2D eigenvalue weighted by atomic mass is 9.84. The number of fused-ring (bicyclic) bond motifs is 3. The molecule has 2 atom stereocenters. The lowest BCUT2D eigenvalue weighted by molar-refractivity contribution is 0.451. The minimum Gasteiger partial charge on any atom is -0.335 e. The van der Waals surface area contributed by atoms with Crippen molar-refractivity contribution >= 4 is 43.7 Å². The topological polar surface area (TPSA) is 3.24 Å². The lowest BCUT2D eigenvalue weighted by Gasteiger charge is -2.37. The molecule has 1 fully saturated rings. The second-order valence-corrected chi connectivity index (χ2v) is 12.3. The SMILES string of the molecule is CC12CCCC1c1cc(-c3ccc4ccc5c(-c6ccccc6)ccc6ccc3c4c65)ccc1N2c1ccccc1. The number of rotatable bonds is 3. The smallest absolute Gasteiger partial charge is 0.0492 e. The highest BCUT2D eigenvalue weighted by Crippen LogP contribution is 2.59. The third-order valence-corrected chi connectivity index (χ3v) is 10.2. The molecule has 0 saturated heterocycles. The van der Waals surface area contributed by atoms with Crippen molar-refractivity contribution < 1.29 is 0 Å². The van der Waals surface area contributed by atoms with Crippen LogP contribution in [0.25, 0.3) is 54.6 Å². The van der Waals surface area contributed by atoms with Gasteiger partial charge in [0.25, 0.3) is 0 Å². The minimum absolute atomic E-state index is 0.138. The van der Waals surface area contributed by atoms with E-state index in [0.717, 1.165) is 0 Å². The van der Waals surface area contributed by atoms with Gasteiger partial charge in [-0.3, -0.25) is 0 Å². The average molecular weight is 526 g/mol. The molecular formula is C40H31N. The Morgan fingerprint density at radius 1 is 0.610 bits per heavy atom. The summed E-state index contributed by atoms with van der Waals surface area (Å²) >= 11 is 0. The largest absolute Gasteiger partial charge is 0.335 e. The van der Waals surface area contributed by atoms with Gasteiger partial charge in [-0.2, -0.15) is 0 Å². The van der Waals surface area contributed by atoms with E-state index in [1.165, 1.54) is 90.8 Å². The van der Waals surface area contributed by atoms with Crippen molar-refractivity contribution in [1.29, 1.82) is 0 Å². The number of hydrogen-bond acceptors (Lipinski definition) is 1. The molecule has 1 aliphatic heterocycles. The lowest BCUT2D eigenvalue weighted by Crippen LogP contribution is -2.40. The minimum atomic E-state index is 0.138. The molecule has 196 valence electrons. The van der Waals surface area contributed by atoms with Gasteiger partial charge < -0.3 is 4.90 Å². The molecule has 9 rings (SSSR count). The van der Waals surface area contributed by atoms with E-state index in [1.807, 2.05) is 0 Å². The first-order valence-electron chi connectivity index (χ1n) is 15.0. The fourth-order valence-electron chi connectivity index (χ4n) is 8.32. The number of benzene rings is 7. The van der Waals surface area contributed by atoms with Crippen LogP contribution in [-0.2, 0) is 0 Å². The number of nitrogens with zero attached hydrogens (tertiary/aromatic N) is 1. The molecule has 1 heteroatoms. The van der Waals surface area contributed by atoms with Crippen LogP contribution in [0.3, 0.4) is 0 Å². The second-order valence-electron chi connectivity index (χ2n) is 12.3. The maximum absolute atomic E-state index is 2.64. The summed E-state index contributed by atoms with van der Waals surface area (Å²) < 4.78 is 0. The van der Waals surface area contributed by atoms with Crippen LogP contribution in [0.15, 0.2) is 127 Å². The van der Waals surface area contributed by atoms with Crippen LogP contribution in [0.4, 0.5) is 11.4 Å². The first-order valence-corrected chi connectivity index (χ1v) is 15.0. The van der Waals surface area contributed by atoms with Gasteiger partial charge in [-0.05, 0) is 104 Å². The molecule has 0 radical (unpaired) electrons. The van der Waals surface area contributed by atoms with E-state index in [-0.39, 0.29) is 5.54 Å². The molecule has 1 saturated carbocycles. The van der Waals surface area contributed by atoms with E-state index in [2.05, 4.69) is 139 Å². The molecule has 2 unspecified atom stereocenters. The van der Waals surface area contributed by atoms with Gasteiger partial charge in [-0.25, -0.2) is 0 Å². The van der Waals surface area contributed by atoms with E-state index in [0.29, 0.717) is 5.92 Å². The van der Waals surface area contributed by atoms with Crippen LogP contribution in [0, 0.1) is 0 Å². The molecule has 1 nitrogen and oxygen atoms in total. The van der Waals surface area contributed by atoms with Crippen LogP contribution < -0.4 is 4.90 Å². The van der Waals surface area contributed by atoms with Gasteiger partial charge in [0.1, 0.15) is 0 Å². The van der Waals surface area contributed by atoms with Crippen LogP contribution in [-0.4, -0.2) is 5.54 Å². The highest BCUT2D eigenvalue weighted by molar-refractivity contribution is 6.27. The summed E-state index contributed by atoms with van der Waals surface area (Å²) in [6, 6.07) is 47.6. The van der Waals surface area contributed by atoms with Gasteiger partial charge in [0, 0.05) is 22.8 Å². The van der Waals surface area contributed by atoms with Crippen LogP contribution >= 0.6 is 0 Å². The highest BCUT2D eigenvalue weighted by atomic mass is 15.2. The normalized spacial score (nSPS) is 19.8. The molecule has 1 heterocycles.